The first-order valence-electron chi connectivity index (χ1n) is 8.45. The van der Waals surface area contributed by atoms with Crippen LogP contribution in [-0.4, -0.2) is 44.4 Å². The van der Waals surface area contributed by atoms with Gasteiger partial charge in [-0.05, 0) is 24.3 Å². The third-order valence-corrected chi connectivity index (χ3v) is 4.48. The summed E-state index contributed by atoms with van der Waals surface area (Å²) in [6, 6.07) is 7.79. The number of hydrogen-bond acceptors (Lipinski definition) is 7. The highest BCUT2D eigenvalue weighted by Crippen LogP contribution is 2.24. The summed E-state index contributed by atoms with van der Waals surface area (Å²) in [6.45, 7) is 2.47. The Kier molecular flexibility index (Phi) is 4.30. The van der Waals surface area contributed by atoms with Crippen molar-refractivity contribution in [1.29, 1.82) is 0 Å². The standard InChI is InChI=1S/C18H19N7O/c1-24-9-8-20-17(18(24)26)21-10-13-11-25(12-13)16-3-2-15(22-23-16)14-4-6-19-7-5-14/h2-9,13H,10-12H2,1H3,(H,20,21). The maximum atomic E-state index is 11.9. The van der Waals surface area contributed by atoms with Crippen molar-refractivity contribution in [2.75, 3.05) is 29.9 Å². The zero-order valence-electron chi connectivity index (χ0n) is 14.4. The molecule has 4 heterocycles. The summed E-state index contributed by atoms with van der Waals surface area (Å²) in [6.07, 6.45) is 6.75. The van der Waals surface area contributed by atoms with Crippen molar-refractivity contribution >= 4 is 11.6 Å². The molecule has 3 aromatic heterocycles. The van der Waals surface area contributed by atoms with E-state index in [2.05, 4.69) is 30.4 Å². The quantitative estimate of drug-likeness (QED) is 0.740. The van der Waals surface area contributed by atoms with Gasteiger partial charge in [0, 0.05) is 63.0 Å². The summed E-state index contributed by atoms with van der Waals surface area (Å²) < 4.78 is 1.52. The van der Waals surface area contributed by atoms with Gasteiger partial charge in [0.15, 0.2) is 11.6 Å². The summed E-state index contributed by atoms with van der Waals surface area (Å²) in [5, 5.41) is 11.8. The molecule has 3 aromatic rings. The Morgan fingerprint density at radius 1 is 1.12 bits per heavy atom. The number of pyridine rings is 1. The van der Waals surface area contributed by atoms with E-state index in [1.807, 2.05) is 24.3 Å². The second-order valence-electron chi connectivity index (χ2n) is 6.36. The van der Waals surface area contributed by atoms with E-state index >= 15 is 0 Å². The number of aryl methyl sites for hydroxylation is 1. The van der Waals surface area contributed by atoms with E-state index < -0.39 is 0 Å². The van der Waals surface area contributed by atoms with E-state index in [0.717, 1.165) is 30.2 Å². The van der Waals surface area contributed by atoms with E-state index in [-0.39, 0.29) is 5.56 Å². The van der Waals surface area contributed by atoms with Crippen molar-refractivity contribution < 1.29 is 0 Å². The Morgan fingerprint density at radius 2 is 1.92 bits per heavy atom. The molecule has 1 N–H and O–H groups in total. The number of nitrogens with one attached hydrogen (secondary N) is 1. The van der Waals surface area contributed by atoms with Gasteiger partial charge in [-0.25, -0.2) is 4.98 Å². The number of hydrogen-bond donors (Lipinski definition) is 1. The van der Waals surface area contributed by atoms with Gasteiger partial charge in [0.1, 0.15) is 0 Å². The van der Waals surface area contributed by atoms with Crippen molar-refractivity contribution in [2.45, 2.75) is 0 Å². The topological polar surface area (TPSA) is 88.8 Å². The zero-order chi connectivity index (χ0) is 17.9. The average molecular weight is 349 g/mol. The Balaban J connectivity index is 1.32. The molecule has 26 heavy (non-hydrogen) atoms. The Morgan fingerprint density at radius 3 is 2.65 bits per heavy atom. The number of anilines is 2. The van der Waals surface area contributed by atoms with Gasteiger partial charge in [-0.1, -0.05) is 0 Å². The lowest BCUT2D eigenvalue weighted by Gasteiger charge is -2.39. The van der Waals surface area contributed by atoms with Gasteiger partial charge in [0.2, 0.25) is 0 Å². The third kappa shape index (κ3) is 3.26. The molecule has 1 aliphatic rings. The van der Waals surface area contributed by atoms with Crippen LogP contribution >= 0.6 is 0 Å². The SMILES string of the molecule is Cn1ccnc(NCC2CN(c3ccc(-c4ccncc4)nn3)C2)c1=O. The first kappa shape index (κ1) is 16.2. The van der Waals surface area contributed by atoms with E-state index in [0.29, 0.717) is 18.3 Å². The smallest absolute Gasteiger partial charge is 0.293 e. The third-order valence-electron chi connectivity index (χ3n) is 4.48. The van der Waals surface area contributed by atoms with Gasteiger partial charge in [-0.2, -0.15) is 0 Å². The lowest BCUT2D eigenvalue weighted by atomic mass is 10.0. The van der Waals surface area contributed by atoms with Gasteiger partial charge in [0.05, 0.1) is 5.69 Å². The summed E-state index contributed by atoms with van der Waals surface area (Å²) in [4.78, 5) is 22.2. The molecule has 0 amide bonds. The minimum absolute atomic E-state index is 0.110. The molecule has 0 unspecified atom stereocenters. The van der Waals surface area contributed by atoms with Crippen LogP contribution in [0, 0.1) is 5.92 Å². The Bertz CT molecular complexity index is 934. The normalized spacial score (nSPS) is 14.1. The fraction of sp³-hybridized carbons (Fsp3) is 0.278. The molecule has 0 saturated carbocycles. The molecule has 8 heteroatoms. The maximum absolute atomic E-state index is 11.9. The van der Waals surface area contributed by atoms with Crippen LogP contribution in [0.1, 0.15) is 0 Å². The molecule has 0 radical (unpaired) electrons. The minimum Gasteiger partial charge on any atom is -0.365 e. The molecule has 132 valence electrons. The van der Waals surface area contributed by atoms with Crippen LogP contribution in [0.5, 0.6) is 0 Å². The average Bonchev–Trinajstić information content (AvgIpc) is 2.65. The molecule has 0 bridgehead atoms. The Hall–Kier alpha value is -3.29. The van der Waals surface area contributed by atoms with Gasteiger partial charge in [-0.3, -0.25) is 9.78 Å². The highest BCUT2D eigenvalue weighted by molar-refractivity contribution is 5.59. The number of nitrogens with zero attached hydrogens (tertiary/aromatic N) is 6. The predicted molar refractivity (Wildman–Crippen MR) is 98.9 cm³/mol. The molecular formula is C18H19N7O. The molecule has 8 nitrogen and oxygen atoms in total. The van der Waals surface area contributed by atoms with Crippen LogP contribution < -0.4 is 15.8 Å². The minimum atomic E-state index is -0.110. The van der Waals surface area contributed by atoms with Crippen LogP contribution in [0.2, 0.25) is 0 Å². The van der Waals surface area contributed by atoms with E-state index in [1.54, 1.807) is 31.8 Å². The molecule has 0 atom stereocenters. The second-order valence-corrected chi connectivity index (χ2v) is 6.36. The molecule has 1 fully saturated rings. The van der Waals surface area contributed by atoms with Gasteiger partial charge < -0.3 is 14.8 Å². The first-order chi connectivity index (χ1) is 12.7. The highest BCUT2D eigenvalue weighted by Gasteiger charge is 2.28. The summed E-state index contributed by atoms with van der Waals surface area (Å²) in [5.74, 6) is 1.71. The largest absolute Gasteiger partial charge is 0.365 e. The molecule has 1 saturated heterocycles. The summed E-state index contributed by atoms with van der Waals surface area (Å²) in [5.41, 5.74) is 1.73. The number of aromatic nitrogens is 5. The van der Waals surface area contributed by atoms with Crippen LogP contribution in [0.15, 0.2) is 53.8 Å². The van der Waals surface area contributed by atoms with Crippen LogP contribution in [0.3, 0.4) is 0 Å². The van der Waals surface area contributed by atoms with E-state index in [1.165, 1.54) is 4.57 Å². The van der Waals surface area contributed by atoms with Gasteiger partial charge in [-0.15, -0.1) is 10.2 Å². The predicted octanol–water partition coefficient (Wildman–Crippen LogP) is 1.18. The maximum Gasteiger partial charge on any atom is 0.293 e. The van der Waals surface area contributed by atoms with Crippen LogP contribution in [0.25, 0.3) is 11.3 Å². The van der Waals surface area contributed by atoms with Crippen LogP contribution in [-0.2, 0) is 7.05 Å². The van der Waals surface area contributed by atoms with Crippen molar-refractivity contribution in [3.05, 3.63) is 59.4 Å². The van der Waals surface area contributed by atoms with Crippen LogP contribution in [0.4, 0.5) is 11.6 Å². The molecule has 0 spiro atoms. The summed E-state index contributed by atoms with van der Waals surface area (Å²) in [7, 11) is 1.72. The Labute approximate surface area is 150 Å². The molecule has 1 aliphatic heterocycles. The lowest BCUT2D eigenvalue weighted by Crippen LogP contribution is -2.50. The fourth-order valence-corrected chi connectivity index (χ4v) is 2.92. The van der Waals surface area contributed by atoms with Crippen molar-refractivity contribution in [1.82, 2.24) is 24.7 Å². The number of rotatable bonds is 5. The first-order valence-corrected chi connectivity index (χ1v) is 8.45. The molecular weight excluding hydrogens is 330 g/mol. The molecule has 4 rings (SSSR count). The molecule has 0 aromatic carbocycles. The van der Waals surface area contributed by atoms with Gasteiger partial charge in [0.25, 0.3) is 5.56 Å². The van der Waals surface area contributed by atoms with Crippen molar-refractivity contribution in [3.63, 3.8) is 0 Å². The van der Waals surface area contributed by atoms with Crippen molar-refractivity contribution in [2.24, 2.45) is 13.0 Å². The molecule has 0 aliphatic carbocycles. The van der Waals surface area contributed by atoms with Crippen molar-refractivity contribution in [3.8, 4) is 11.3 Å². The second kappa shape index (κ2) is 6.91. The lowest BCUT2D eigenvalue weighted by molar-refractivity contribution is 0.425. The van der Waals surface area contributed by atoms with Gasteiger partial charge >= 0.3 is 0 Å². The zero-order valence-corrected chi connectivity index (χ0v) is 14.4. The van der Waals surface area contributed by atoms with E-state index in [9.17, 15) is 4.79 Å². The highest BCUT2D eigenvalue weighted by atomic mass is 16.1. The fourth-order valence-electron chi connectivity index (χ4n) is 2.92. The summed E-state index contributed by atoms with van der Waals surface area (Å²) >= 11 is 0. The van der Waals surface area contributed by atoms with E-state index in [4.69, 9.17) is 0 Å². The monoisotopic (exact) mass is 349 g/mol.